The predicted molar refractivity (Wildman–Crippen MR) is 102 cm³/mol. The largest absolute Gasteiger partial charge is 0.353 e. The quantitative estimate of drug-likeness (QED) is 0.117. The molecule has 0 N–H and O–H groups in total. The Hall–Kier alpha value is -0.0500. The lowest BCUT2D eigenvalue weighted by molar-refractivity contribution is -0.140. The second kappa shape index (κ2) is 20.0. The van der Waals surface area contributed by atoms with Crippen molar-refractivity contribution in [1.29, 1.82) is 0 Å². The highest BCUT2D eigenvalue weighted by molar-refractivity contribution is 6.17. The van der Waals surface area contributed by atoms with Crippen LogP contribution in [0.15, 0.2) is 12.2 Å². The molecule has 0 atom stereocenters. The van der Waals surface area contributed by atoms with E-state index in [0.717, 1.165) is 31.9 Å². The van der Waals surface area contributed by atoms with E-state index in [0.29, 0.717) is 0 Å². The van der Waals surface area contributed by atoms with Gasteiger partial charge in [-0.1, -0.05) is 57.1 Å². The fourth-order valence-electron chi connectivity index (χ4n) is 2.70. The second-order valence-corrected chi connectivity index (χ2v) is 6.43. The number of allylic oxidation sites excluding steroid dienone is 2. The van der Waals surface area contributed by atoms with E-state index >= 15 is 0 Å². The van der Waals surface area contributed by atoms with Crippen molar-refractivity contribution >= 4 is 11.6 Å². The third kappa shape index (κ3) is 18.1. The average molecular weight is 347 g/mol. The zero-order chi connectivity index (χ0) is 17.0. The van der Waals surface area contributed by atoms with E-state index in [-0.39, 0.29) is 6.29 Å². The van der Waals surface area contributed by atoms with Crippen molar-refractivity contribution in [3.05, 3.63) is 12.2 Å². The van der Waals surface area contributed by atoms with Gasteiger partial charge in [0.25, 0.3) is 0 Å². The highest BCUT2D eigenvalue weighted by atomic mass is 35.5. The summed E-state index contributed by atoms with van der Waals surface area (Å²) in [7, 11) is 0. The van der Waals surface area contributed by atoms with Crippen LogP contribution in [-0.2, 0) is 9.47 Å². The maximum atomic E-state index is 5.62. The molecule has 0 rings (SSSR count). The van der Waals surface area contributed by atoms with Gasteiger partial charge in [-0.05, 0) is 46.0 Å². The molecule has 0 aromatic heterocycles. The van der Waals surface area contributed by atoms with Crippen molar-refractivity contribution in [3.63, 3.8) is 0 Å². The van der Waals surface area contributed by atoms with E-state index in [1.807, 2.05) is 13.8 Å². The molecule has 23 heavy (non-hydrogen) atoms. The van der Waals surface area contributed by atoms with E-state index in [2.05, 4.69) is 12.2 Å². The van der Waals surface area contributed by atoms with Gasteiger partial charge in [-0.3, -0.25) is 0 Å². The van der Waals surface area contributed by atoms with E-state index in [4.69, 9.17) is 21.1 Å². The van der Waals surface area contributed by atoms with Crippen LogP contribution < -0.4 is 0 Å². The molecule has 0 saturated carbocycles. The molecule has 0 aliphatic heterocycles. The fourth-order valence-corrected chi connectivity index (χ4v) is 2.82. The van der Waals surface area contributed by atoms with E-state index < -0.39 is 0 Å². The molecular formula is C20H39ClO2. The van der Waals surface area contributed by atoms with Crippen molar-refractivity contribution < 1.29 is 9.47 Å². The number of halogens is 1. The van der Waals surface area contributed by atoms with E-state index in [9.17, 15) is 0 Å². The van der Waals surface area contributed by atoms with Crippen molar-refractivity contribution in [2.45, 2.75) is 97.2 Å². The highest BCUT2D eigenvalue weighted by Gasteiger charge is 2.06. The molecule has 0 aromatic carbocycles. The van der Waals surface area contributed by atoms with Crippen LogP contribution in [0.4, 0.5) is 0 Å². The van der Waals surface area contributed by atoms with Crippen LogP contribution in [-0.4, -0.2) is 25.4 Å². The number of hydrogen-bond donors (Lipinski definition) is 0. The average Bonchev–Trinajstić information content (AvgIpc) is 2.55. The van der Waals surface area contributed by atoms with Gasteiger partial charge in [0.15, 0.2) is 6.29 Å². The van der Waals surface area contributed by atoms with Crippen LogP contribution in [0.5, 0.6) is 0 Å². The van der Waals surface area contributed by atoms with Gasteiger partial charge in [-0.25, -0.2) is 0 Å². The number of alkyl halides is 1. The van der Waals surface area contributed by atoms with E-state index in [1.54, 1.807) is 0 Å². The molecule has 0 unspecified atom stereocenters. The van der Waals surface area contributed by atoms with Gasteiger partial charge in [-0.15, -0.1) is 11.6 Å². The molecule has 0 saturated heterocycles. The third-order valence-corrected chi connectivity index (χ3v) is 4.18. The first kappa shape index (κ1) is 22.9. The lowest BCUT2D eigenvalue weighted by atomic mass is 10.1. The molecule has 0 aromatic rings. The second-order valence-electron chi connectivity index (χ2n) is 6.05. The summed E-state index contributed by atoms with van der Waals surface area (Å²) < 4.78 is 11.1. The SMILES string of the molecule is CCOC(CCCCCCCCCCC/C=C\CCCl)OCC. The van der Waals surface area contributed by atoms with Crippen molar-refractivity contribution in [1.82, 2.24) is 0 Å². The topological polar surface area (TPSA) is 18.5 Å². The Labute approximate surface area is 150 Å². The summed E-state index contributed by atoms with van der Waals surface area (Å²) in [6, 6.07) is 0. The maximum Gasteiger partial charge on any atom is 0.157 e. The molecule has 0 fully saturated rings. The summed E-state index contributed by atoms with van der Waals surface area (Å²) in [5.74, 6) is 0.744. The Morgan fingerprint density at radius 1 is 0.696 bits per heavy atom. The molecule has 0 aliphatic rings. The molecule has 0 amide bonds. The minimum absolute atomic E-state index is 0.0171. The van der Waals surface area contributed by atoms with Crippen molar-refractivity contribution in [3.8, 4) is 0 Å². The Morgan fingerprint density at radius 2 is 1.17 bits per heavy atom. The van der Waals surface area contributed by atoms with Gasteiger partial charge in [0.05, 0.1) is 0 Å². The van der Waals surface area contributed by atoms with Crippen LogP contribution in [0.1, 0.15) is 90.9 Å². The van der Waals surface area contributed by atoms with Gasteiger partial charge in [0, 0.05) is 19.1 Å². The maximum absolute atomic E-state index is 5.62. The third-order valence-electron chi connectivity index (χ3n) is 3.96. The van der Waals surface area contributed by atoms with E-state index in [1.165, 1.54) is 64.2 Å². The number of rotatable bonds is 18. The first-order valence-corrected chi connectivity index (χ1v) is 10.3. The highest BCUT2D eigenvalue weighted by Crippen LogP contribution is 2.13. The zero-order valence-corrected chi connectivity index (χ0v) is 16.3. The minimum Gasteiger partial charge on any atom is -0.353 e. The molecule has 0 bridgehead atoms. The van der Waals surface area contributed by atoms with Crippen molar-refractivity contribution in [2.24, 2.45) is 0 Å². The minimum atomic E-state index is 0.0171. The predicted octanol–water partition coefficient (Wildman–Crippen LogP) is 6.86. The van der Waals surface area contributed by atoms with Gasteiger partial charge < -0.3 is 9.47 Å². The molecule has 2 nitrogen and oxygen atoms in total. The van der Waals surface area contributed by atoms with Crippen LogP contribution in [0.3, 0.4) is 0 Å². The monoisotopic (exact) mass is 346 g/mol. The zero-order valence-electron chi connectivity index (χ0n) is 15.5. The first-order chi connectivity index (χ1) is 11.3. The molecule has 138 valence electrons. The van der Waals surface area contributed by atoms with Crippen molar-refractivity contribution in [2.75, 3.05) is 19.1 Å². The normalized spacial score (nSPS) is 11.8. The molecule has 0 spiro atoms. The van der Waals surface area contributed by atoms with Gasteiger partial charge in [0.2, 0.25) is 0 Å². The summed E-state index contributed by atoms with van der Waals surface area (Å²) in [6.07, 6.45) is 19.9. The van der Waals surface area contributed by atoms with Crippen LogP contribution in [0.25, 0.3) is 0 Å². The Morgan fingerprint density at radius 3 is 1.70 bits per heavy atom. The Balaban J connectivity index is 3.21. The number of ether oxygens (including phenoxy) is 2. The number of hydrogen-bond acceptors (Lipinski definition) is 2. The lowest BCUT2D eigenvalue weighted by Gasteiger charge is -2.16. The summed E-state index contributed by atoms with van der Waals surface area (Å²) in [4.78, 5) is 0. The summed E-state index contributed by atoms with van der Waals surface area (Å²) in [5, 5.41) is 0. The molecule has 3 heteroatoms. The lowest BCUT2D eigenvalue weighted by Crippen LogP contribution is -2.17. The number of unbranched alkanes of at least 4 members (excludes halogenated alkanes) is 9. The standard InChI is InChI=1S/C20H39ClO2/c1-3-22-20(23-4-2)18-16-14-12-10-8-6-5-7-9-11-13-15-17-19-21/h13,15,20H,3-12,14,16-19H2,1-2H3/b15-13-. The van der Waals surface area contributed by atoms with Gasteiger partial charge in [0.1, 0.15) is 0 Å². The van der Waals surface area contributed by atoms with Crippen LogP contribution in [0.2, 0.25) is 0 Å². The van der Waals surface area contributed by atoms with Crippen LogP contribution >= 0.6 is 11.6 Å². The summed E-state index contributed by atoms with van der Waals surface area (Å²) in [6.45, 7) is 5.55. The fraction of sp³-hybridized carbons (Fsp3) is 0.900. The molecular weight excluding hydrogens is 308 g/mol. The molecule has 0 radical (unpaired) electrons. The van der Waals surface area contributed by atoms with Gasteiger partial charge >= 0.3 is 0 Å². The smallest absolute Gasteiger partial charge is 0.157 e. The Kier molecular flexibility index (Phi) is 20.0. The molecule has 0 aliphatic carbocycles. The summed E-state index contributed by atoms with van der Waals surface area (Å²) >= 11 is 5.62. The molecule has 0 heterocycles. The summed E-state index contributed by atoms with van der Waals surface area (Å²) in [5.41, 5.74) is 0. The Bertz CT molecular complexity index is 238. The first-order valence-electron chi connectivity index (χ1n) is 9.79. The van der Waals surface area contributed by atoms with Crippen LogP contribution in [0, 0.1) is 0 Å². The van der Waals surface area contributed by atoms with Gasteiger partial charge in [-0.2, -0.15) is 0 Å².